The van der Waals surface area contributed by atoms with Crippen LogP contribution in [0.4, 0.5) is 0 Å². The minimum Gasteiger partial charge on any atom is -0.374 e. The van der Waals surface area contributed by atoms with Gasteiger partial charge in [0.25, 0.3) is 0 Å². The number of rotatable bonds is 7. The molecular weight excluding hydrogens is 220 g/mol. The second kappa shape index (κ2) is 8.34. The first-order chi connectivity index (χ1) is 7.74. The molecule has 0 saturated carbocycles. The summed E-state index contributed by atoms with van der Waals surface area (Å²) < 4.78 is 5.78. The van der Waals surface area contributed by atoms with Gasteiger partial charge in [0.05, 0.1) is 12.7 Å². The lowest BCUT2D eigenvalue weighted by Crippen LogP contribution is -2.50. The highest BCUT2D eigenvalue weighted by Crippen LogP contribution is 2.07. The van der Waals surface area contributed by atoms with E-state index in [1.54, 1.807) is 0 Å². The average Bonchev–Trinajstić information content (AvgIpc) is 2.28. The van der Waals surface area contributed by atoms with Crippen molar-refractivity contribution in [2.75, 3.05) is 44.8 Å². The van der Waals surface area contributed by atoms with Crippen molar-refractivity contribution in [1.82, 2.24) is 10.2 Å². The molecule has 2 unspecified atom stereocenters. The number of nitrogens with one attached hydrogen (secondary N) is 1. The number of morpholine rings is 1. The molecule has 0 aromatic heterocycles. The minimum absolute atomic E-state index is 0.359. The average molecular weight is 246 g/mol. The Labute approximate surface area is 104 Å². The van der Waals surface area contributed by atoms with Crippen molar-refractivity contribution in [1.29, 1.82) is 0 Å². The van der Waals surface area contributed by atoms with E-state index >= 15 is 0 Å². The van der Waals surface area contributed by atoms with Crippen LogP contribution >= 0.6 is 11.8 Å². The van der Waals surface area contributed by atoms with Gasteiger partial charge in [-0.15, -0.1) is 0 Å². The standard InChI is InChI=1S/C12H26N2OS/c1-4-16-9-5-6-13-11(2)12-10-14(3)7-8-15-12/h11-13H,4-10H2,1-3H3. The van der Waals surface area contributed by atoms with Gasteiger partial charge < -0.3 is 15.0 Å². The molecule has 1 heterocycles. The Bertz CT molecular complexity index is 180. The van der Waals surface area contributed by atoms with Crippen LogP contribution in [0.2, 0.25) is 0 Å². The fourth-order valence-electron chi connectivity index (χ4n) is 1.89. The predicted octanol–water partition coefficient (Wildman–Crippen LogP) is 1.44. The lowest BCUT2D eigenvalue weighted by molar-refractivity contribution is -0.0352. The lowest BCUT2D eigenvalue weighted by Gasteiger charge is -2.34. The maximum Gasteiger partial charge on any atom is 0.0852 e. The number of hydrogen-bond acceptors (Lipinski definition) is 4. The fourth-order valence-corrected chi connectivity index (χ4v) is 2.53. The molecule has 2 atom stereocenters. The van der Waals surface area contributed by atoms with Crippen LogP contribution in [0.25, 0.3) is 0 Å². The molecule has 0 bridgehead atoms. The second-order valence-electron chi connectivity index (χ2n) is 4.46. The molecule has 0 aliphatic carbocycles. The van der Waals surface area contributed by atoms with Crippen LogP contribution in [0.1, 0.15) is 20.3 Å². The molecule has 0 amide bonds. The Morgan fingerprint density at radius 1 is 1.56 bits per heavy atom. The molecule has 1 aliphatic heterocycles. The Morgan fingerprint density at radius 3 is 3.06 bits per heavy atom. The minimum atomic E-state index is 0.359. The molecule has 1 aliphatic rings. The van der Waals surface area contributed by atoms with E-state index in [1.807, 2.05) is 11.8 Å². The van der Waals surface area contributed by atoms with E-state index in [9.17, 15) is 0 Å². The maximum atomic E-state index is 5.78. The van der Waals surface area contributed by atoms with Gasteiger partial charge in [0.15, 0.2) is 0 Å². The highest BCUT2D eigenvalue weighted by Gasteiger charge is 2.22. The quantitative estimate of drug-likeness (QED) is 0.687. The van der Waals surface area contributed by atoms with Crippen molar-refractivity contribution in [2.45, 2.75) is 32.4 Å². The third-order valence-electron chi connectivity index (χ3n) is 2.99. The van der Waals surface area contributed by atoms with Crippen molar-refractivity contribution in [3.05, 3.63) is 0 Å². The molecular formula is C12H26N2OS. The first-order valence-electron chi connectivity index (χ1n) is 6.35. The van der Waals surface area contributed by atoms with E-state index < -0.39 is 0 Å². The Hall–Kier alpha value is 0.230. The van der Waals surface area contributed by atoms with Gasteiger partial charge in [0.1, 0.15) is 0 Å². The summed E-state index contributed by atoms with van der Waals surface area (Å²) in [5, 5.41) is 3.57. The summed E-state index contributed by atoms with van der Waals surface area (Å²) in [5.41, 5.74) is 0. The van der Waals surface area contributed by atoms with E-state index in [4.69, 9.17) is 4.74 Å². The number of thioether (sulfide) groups is 1. The molecule has 0 radical (unpaired) electrons. The molecule has 1 N–H and O–H groups in total. The van der Waals surface area contributed by atoms with Gasteiger partial charge in [-0.2, -0.15) is 11.8 Å². The highest BCUT2D eigenvalue weighted by atomic mass is 32.2. The van der Waals surface area contributed by atoms with E-state index in [-0.39, 0.29) is 0 Å². The van der Waals surface area contributed by atoms with Gasteiger partial charge in [-0.1, -0.05) is 6.92 Å². The van der Waals surface area contributed by atoms with Gasteiger partial charge in [-0.05, 0) is 38.4 Å². The smallest absolute Gasteiger partial charge is 0.0852 e. The topological polar surface area (TPSA) is 24.5 Å². The van der Waals surface area contributed by atoms with E-state index in [2.05, 4.69) is 31.1 Å². The van der Waals surface area contributed by atoms with Crippen molar-refractivity contribution in [3.8, 4) is 0 Å². The number of likely N-dealkylation sites (N-methyl/N-ethyl adjacent to an activating group) is 1. The summed E-state index contributed by atoms with van der Waals surface area (Å²) in [5.74, 6) is 2.49. The van der Waals surface area contributed by atoms with Crippen molar-refractivity contribution < 1.29 is 4.74 Å². The number of hydrogen-bond donors (Lipinski definition) is 1. The molecule has 0 spiro atoms. The third-order valence-corrected chi connectivity index (χ3v) is 3.98. The van der Waals surface area contributed by atoms with Crippen LogP contribution in [0.5, 0.6) is 0 Å². The van der Waals surface area contributed by atoms with Gasteiger partial charge >= 0.3 is 0 Å². The molecule has 1 fully saturated rings. The lowest BCUT2D eigenvalue weighted by atomic mass is 10.1. The fraction of sp³-hybridized carbons (Fsp3) is 1.00. The highest BCUT2D eigenvalue weighted by molar-refractivity contribution is 7.99. The molecule has 3 nitrogen and oxygen atoms in total. The zero-order valence-corrected chi connectivity index (χ0v) is 11.7. The Morgan fingerprint density at radius 2 is 2.38 bits per heavy atom. The van der Waals surface area contributed by atoms with Gasteiger partial charge in [0.2, 0.25) is 0 Å². The number of ether oxygens (including phenoxy) is 1. The summed E-state index contributed by atoms with van der Waals surface area (Å²) in [4.78, 5) is 2.35. The zero-order chi connectivity index (χ0) is 11.8. The molecule has 0 aromatic carbocycles. The van der Waals surface area contributed by atoms with Crippen molar-refractivity contribution >= 4 is 11.8 Å². The molecule has 4 heteroatoms. The van der Waals surface area contributed by atoms with E-state index in [1.165, 1.54) is 17.9 Å². The summed E-state index contributed by atoms with van der Waals surface area (Å²) in [6, 6.07) is 0.467. The van der Waals surface area contributed by atoms with E-state index in [0.717, 1.165) is 26.2 Å². The second-order valence-corrected chi connectivity index (χ2v) is 5.86. The largest absolute Gasteiger partial charge is 0.374 e. The van der Waals surface area contributed by atoms with Crippen molar-refractivity contribution in [2.24, 2.45) is 0 Å². The summed E-state index contributed by atoms with van der Waals surface area (Å²) in [6.07, 6.45) is 1.61. The van der Waals surface area contributed by atoms with Crippen LogP contribution in [0, 0.1) is 0 Å². The molecule has 0 aromatic rings. The van der Waals surface area contributed by atoms with Gasteiger partial charge in [-0.3, -0.25) is 0 Å². The van der Waals surface area contributed by atoms with Crippen LogP contribution < -0.4 is 5.32 Å². The number of nitrogens with zero attached hydrogens (tertiary/aromatic N) is 1. The first kappa shape index (κ1) is 14.3. The molecule has 1 saturated heterocycles. The SMILES string of the molecule is CCSCCCNC(C)C1CN(C)CCO1. The first-order valence-corrected chi connectivity index (χ1v) is 7.50. The molecule has 1 rings (SSSR count). The molecule has 16 heavy (non-hydrogen) atoms. The van der Waals surface area contributed by atoms with Crippen LogP contribution in [-0.4, -0.2) is 61.8 Å². The normalized spacial score (nSPS) is 24.6. The maximum absolute atomic E-state index is 5.78. The summed E-state index contributed by atoms with van der Waals surface area (Å²) in [7, 11) is 2.17. The zero-order valence-electron chi connectivity index (χ0n) is 10.9. The third kappa shape index (κ3) is 5.53. The van der Waals surface area contributed by atoms with Crippen LogP contribution in [-0.2, 0) is 4.74 Å². The Kier molecular flexibility index (Phi) is 7.45. The predicted molar refractivity (Wildman–Crippen MR) is 72.3 cm³/mol. The van der Waals surface area contributed by atoms with Crippen molar-refractivity contribution in [3.63, 3.8) is 0 Å². The van der Waals surface area contributed by atoms with Crippen LogP contribution in [0.15, 0.2) is 0 Å². The van der Waals surface area contributed by atoms with E-state index in [0.29, 0.717) is 12.1 Å². The Balaban J connectivity index is 2.06. The summed E-state index contributed by atoms with van der Waals surface area (Å²) >= 11 is 2.02. The monoisotopic (exact) mass is 246 g/mol. The van der Waals surface area contributed by atoms with Gasteiger partial charge in [-0.25, -0.2) is 0 Å². The molecule has 96 valence electrons. The summed E-state index contributed by atoms with van der Waals surface area (Å²) in [6.45, 7) is 8.55. The van der Waals surface area contributed by atoms with Gasteiger partial charge in [0, 0.05) is 19.1 Å². The van der Waals surface area contributed by atoms with Crippen LogP contribution in [0.3, 0.4) is 0 Å².